The Bertz CT molecular complexity index is 630. The minimum atomic E-state index is 0.397. The molecule has 108 valence electrons. The van der Waals surface area contributed by atoms with E-state index in [1.807, 2.05) is 6.20 Å². The molecule has 0 spiro atoms. The quantitative estimate of drug-likeness (QED) is 0.756. The summed E-state index contributed by atoms with van der Waals surface area (Å²) in [5, 5.41) is 0. The first kappa shape index (κ1) is 13.9. The highest BCUT2D eigenvalue weighted by Crippen LogP contribution is 2.42. The van der Waals surface area contributed by atoms with Gasteiger partial charge in [0.25, 0.3) is 0 Å². The Morgan fingerprint density at radius 3 is 2.95 bits per heavy atom. The zero-order valence-corrected chi connectivity index (χ0v) is 13.2. The molecular weight excluding hydrogens is 270 g/mol. The molecule has 2 heterocycles. The van der Waals surface area contributed by atoms with Gasteiger partial charge in [-0.05, 0) is 43.2 Å². The van der Waals surface area contributed by atoms with Crippen molar-refractivity contribution in [2.24, 2.45) is 5.41 Å². The number of pyridine rings is 1. The first-order chi connectivity index (χ1) is 9.50. The van der Waals surface area contributed by atoms with Crippen LogP contribution in [0.4, 0.5) is 0 Å². The van der Waals surface area contributed by atoms with Gasteiger partial charge in [0.15, 0.2) is 5.65 Å². The lowest BCUT2D eigenvalue weighted by molar-refractivity contribution is 0.184. The van der Waals surface area contributed by atoms with E-state index < -0.39 is 0 Å². The lowest BCUT2D eigenvalue weighted by Crippen LogP contribution is -2.26. The van der Waals surface area contributed by atoms with Gasteiger partial charge in [-0.3, -0.25) is 0 Å². The Labute approximate surface area is 125 Å². The average molecular weight is 292 g/mol. The van der Waals surface area contributed by atoms with Crippen LogP contribution in [0, 0.1) is 12.3 Å². The third-order valence-electron chi connectivity index (χ3n) is 4.40. The lowest BCUT2D eigenvalue weighted by atomic mass is 9.75. The van der Waals surface area contributed by atoms with Crippen LogP contribution in [0.3, 0.4) is 0 Å². The minimum absolute atomic E-state index is 0.397. The summed E-state index contributed by atoms with van der Waals surface area (Å²) in [6.45, 7) is 6.77. The number of hydrogen-bond acceptors (Lipinski definition) is 2. The van der Waals surface area contributed by atoms with Crippen molar-refractivity contribution in [3.8, 4) is 0 Å². The largest absolute Gasteiger partial charge is 0.309 e. The molecule has 1 aliphatic rings. The summed E-state index contributed by atoms with van der Waals surface area (Å²) in [6, 6.07) is 2.58. The summed E-state index contributed by atoms with van der Waals surface area (Å²) in [4.78, 5) is 9.30. The summed E-state index contributed by atoms with van der Waals surface area (Å²) < 4.78 is 2.29. The molecule has 0 aliphatic heterocycles. The van der Waals surface area contributed by atoms with Gasteiger partial charge >= 0.3 is 0 Å². The maximum atomic E-state index is 6.12. The van der Waals surface area contributed by atoms with Gasteiger partial charge in [-0.15, -0.1) is 11.6 Å². The number of nitrogens with zero attached hydrogens (tertiary/aromatic N) is 3. The van der Waals surface area contributed by atoms with Gasteiger partial charge in [0.05, 0.1) is 5.88 Å². The van der Waals surface area contributed by atoms with Gasteiger partial charge in [0.1, 0.15) is 11.3 Å². The molecule has 1 saturated carbocycles. The maximum absolute atomic E-state index is 6.12. The molecule has 1 fully saturated rings. The highest BCUT2D eigenvalue weighted by molar-refractivity contribution is 6.16. The topological polar surface area (TPSA) is 30.7 Å². The number of alkyl halides is 1. The van der Waals surface area contributed by atoms with Crippen LogP contribution in [0.25, 0.3) is 11.2 Å². The smallest absolute Gasteiger partial charge is 0.160 e. The molecule has 0 aromatic carbocycles. The molecule has 3 nitrogen and oxygen atoms in total. The number of aromatic nitrogens is 3. The summed E-state index contributed by atoms with van der Waals surface area (Å²) in [5.74, 6) is 1.41. The second-order valence-corrected chi connectivity index (χ2v) is 7.07. The second-order valence-electron chi connectivity index (χ2n) is 6.80. The lowest BCUT2D eigenvalue weighted by Gasteiger charge is -2.36. The van der Waals surface area contributed by atoms with Crippen LogP contribution in [-0.2, 0) is 5.88 Å². The van der Waals surface area contributed by atoms with Crippen LogP contribution >= 0.6 is 11.6 Å². The Morgan fingerprint density at radius 2 is 2.25 bits per heavy atom. The molecule has 2 aromatic heterocycles. The van der Waals surface area contributed by atoms with Crippen LogP contribution in [0.5, 0.6) is 0 Å². The maximum Gasteiger partial charge on any atom is 0.160 e. The van der Waals surface area contributed by atoms with Crippen molar-refractivity contribution in [2.75, 3.05) is 0 Å². The van der Waals surface area contributed by atoms with Crippen molar-refractivity contribution < 1.29 is 0 Å². The van der Waals surface area contributed by atoms with Crippen LogP contribution in [0.1, 0.15) is 57.0 Å². The van der Waals surface area contributed by atoms with Gasteiger partial charge in [-0.1, -0.05) is 20.3 Å². The highest BCUT2D eigenvalue weighted by atomic mass is 35.5. The number of fused-ring (bicyclic) bond motifs is 1. The van der Waals surface area contributed by atoms with E-state index in [0.29, 0.717) is 17.3 Å². The summed E-state index contributed by atoms with van der Waals surface area (Å²) in [6.07, 6.45) is 6.88. The molecule has 4 heteroatoms. The number of rotatable bonds is 2. The Kier molecular flexibility index (Phi) is 3.49. The fourth-order valence-corrected chi connectivity index (χ4v) is 3.67. The minimum Gasteiger partial charge on any atom is -0.309 e. The van der Waals surface area contributed by atoms with Gasteiger partial charge in [0, 0.05) is 12.2 Å². The Balaban J connectivity index is 2.09. The molecule has 20 heavy (non-hydrogen) atoms. The van der Waals surface area contributed by atoms with E-state index in [4.69, 9.17) is 11.6 Å². The van der Waals surface area contributed by atoms with E-state index in [2.05, 4.69) is 41.4 Å². The van der Waals surface area contributed by atoms with Crippen LogP contribution in [0.2, 0.25) is 0 Å². The Morgan fingerprint density at radius 1 is 1.45 bits per heavy atom. The zero-order chi connectivity index (χ0) is 14.3. The van der Waals surface area contributed by atoms with Crippen molar-refractivity contribution >= 4 is 22.8 Å². The standard InChI is InChI=1S/C16H22ClN3/c1-11-7-13-15(18-10-11)20(14(9-17)19-13)12-5-4-6-16(2,3)8-12/h7,10,12H,4-6,8-9H2,1-3H3. The first-order valence-corrected chi connectivity index (χ1v) is 7.93. The molecule has 0 radical (unpaired) electrons. The predicted molar refractivity (Wildman–Crippen MR) is 83.1 cm³/mol. The molecule has 1 unspecified atom stereocenters. The summed E-state index contributed by atoms with van der Waals surface area (Å²) >= 11 is 6.12. The number of halogens is 1. The molecule has 0 N–H and O–H groups in total. The molecule has 0 saturated heterocycles. The number of hydrogen-bond donors (Lipinski definition) is 0. The van der Waals surface area contributed by atoms with Crippen molar-refractivity contribution in [3.63, 3.8) is 0 Å². The van der Waals surface area contributed by atoms with E-state index in [1.165, 1.54) is 25.7 Å². The van der Waals surface area contributed by atoms with Crippen LogP contribution < -0.4 is 0 Å². The molecule has 2 aromatic rings. The van der Waals surface area contributed by atoms with E-state index >= 15 is 0 Å². The fourth-order valence-electron chi connectivity index (χ4n) is 3.49. The molecule has 0 bridgehead atoms. The fraction of sp³-hybridized carbons (Fsp3) is 0.625. The van der Waals surface area contributed by atoms with E-state index in [0.717, 1.165) is 22.6 Å². The van der Waals surface area contributed by atoms with E-state index in [-0.39, 0.29) is 0 Å². The van der Waals surface area contributed by atoms with Gasteiger partial charge in [-0.25, -0.2) is 9.97 Å². The summed E-state index contributed by atoms with van der Waals surface area (Å²) in [7, 11) is 0. The second kappa shape index (κ2) is 5.03. The molecular formula is C16H22ClN3. The van der Waals surface area contributed by atoms with Gasteiger partial charge in [-0.2, -0.15) is 0 Å². The molecule has 1 aliphatic carbocycles. The third kappa shape index (κ3) is 2.44. The predicted octanol–water partition coefficient (Wildman–Crippen LogP) is 4.62. The normalized spacial score (nSPS) is 22.3. The molecule has 1 atom stereocenters. The van der Waals surface area contributed by atoms with E-state index in [1.54, 1.807) is 0 Å². The zero-order valence-electron chi connectivity index (χ0n) is 12.5. The van der Waals surface area contributed by atoms with E-state index in [9.17, 15) is 0 Å². The SMILES string of the molecule is Cc1cnc2c(c1)nc(CCl)n2C1CCCC(C)(C)C1. The van der Waals surface area contributed by atoms with Crippen LogP contribution in [0.15, 0.2) is 12.3 Å². The molecule has 3 rings (SSSR count). The van der Waals surface area contributed by atoms with Crippen molar-refractivity contribution in [1.82, 2.24) is 14.5 Å². The van der Waals surface area contributed by atoms with Crippen molar-refractivity contribution in [2.45, 2.75) is 58.4 Å². The molecule has 0 amide bonds. The summed E-state index contributed by atoms with van der Waals surface area (Å²) in [5.41, 5.74) is 3.51. The average Bonchev–Trinajstić information content (AvgIpc) is 2.74. The van der Waals surface area contributed by atoms with Crippen molar-refractivity contribution in [1.29, 1.82) is 0 Å². The first-order valence-electron chi connectivity index (χ1n) is 7.39. The van der Waals surface area contributed by atoms with Crippen LogP contribution in [-0.4, -0.2) is 14.5 Å². The third-order valence-corrected chi connectivity index (χ3v) is 4.64. The monoisotopic (exact) mass is 291 g/mol. The number of imidazole rings is 1. The van der Waals surface area contributed by atoms with Gasteiger partial charge in [0.2, 0.25) is 0 Å². The van der Waals surface area contributed by atoms with Crippen molar-refractivity contribution in [3.05, 3.63) is 23.7 Å². The van der Waals surface area contributed by atoms with Gasteiger partial charge < -0.3 is 4.57 Å². The Hall–Kier alpha value is -1.09. The number of aryl methyl sites for hydroxylation is 1. The highest BCUT2D eigenvalue weighted by Gasteiger charge is 2.31.